The van der Waals surface area contributed by atoms with Crippen LogP contribution in [0.1, 0.15) is 11.1 Å². The van der Waals surface area contributed by atoms with E-state index in [9.17, 15) is 9.59 Å². The fourth-order valence-corrected chi connectivity index (χ4v) is 2.06. The lowest BCUT2D eigenvalue weighted by Crippen LogP contribution is -2.02. The van der Waals surface area contributed by atoms with E-state index in [0.717, 1.165) is 0 Å². The van der Waals surface area contributed by atoms with Gasteiger partial charge in [-0.25, -0.2) is 9.59 Å². The molecule has 0 saturated carbocycles. The van der Waals surface area contributed by atoms with Crippen molar-refractivity contribution in [2.75, 3.05) is 0 Å². The zero-order valence-corrected chi connectivity index (χ0v) is 10.6. The lowest BCUT2D eigenvalue weighted by molar-refractivity contribution is -0.131. The number of fused-ring (bicyclic) bond motifs is 1. The number of carboxylic acids is 2. The van der Waals surface area contributed by atoms with Gasteiger partial charge in [-0.15, -0.1) is 0 Å². The number of hydrogen-bond acceptors (Lipinski definition) is 2. The molecule has 100 valence electrons. The summed E-state index contributed by atoms with van der Waals surface area (Å²) in [4.78, 5) is 22.1. The van der Waals surface area contributed by atoms with E-state index in [0.29, 0.717) is 21.9 Å². The third-order valence-corrected chi connectivity index (χ3v) is 3.09. The molecule has 0 aliphatic rings. The summed E-state index contributed by atoms with van der Waals surface area (Å²) in [5, 5.41) is 19.4. The van der Waals surface area contributed by atoms with Gasteiger partial charge in [0.2, 0.25) is 0 Å². The molecule has 0 fully saturated rings. The summed E-state index contributed by atoms with van der Waals surface area (Å²) in [6.07, 6.45) is 0. The Morgan fingerprint density at radius 1 is 0.750 bits per heavy atom. The van der Waals surface area contributed by atoms with Crippen LogP contribution in [-0.2, 0) is 9.59 Å². The van der Waals surface area contributed by atoms with Crippen molar-refractivity contribution in [3.63, 3.8) is 0 Å². The number of carbonyl (C=O) groups is 2. The van der Waals surface area contributed by atoms with Crippen molar-refractivity contribution in [1.82, 2.24) is 0 Å². The summed E-state index contributed by atoms with van der Waals surface area (Å²) in [7, 11) is 0. The van der Waals surface area contributed by atoms with Crippen LogP contribution < -0.4 is 0 Å². The minimum Gasteiger partial charge on any atom is -0.478 e. The Kier molecular flexibility index (Phi) is 3.39. The van der Waals surface area contributed by atoms with Gasteiger partial charge in [-0.2, -0.15) is 0 Å². The van der Waals surface area contributed by atoms with E-state index >= 15 is 0 Å². The predicted molar refractivity (Wildman–Crippen MR) is 77.3 cm³/mol. The largest absolute Gasteiger partial charge is 0.478 e. The maximum Gasteiger partial charge on any atom is 0.335 e. The molecule has 0 radical (unpaired) electrons. The van der Waals surface area contributed by atoms with Crippen molar-refractivity contribution in [3.05, 3.63) is 60.7 Å². The maximum atomic E-state index is 11.1. The summed E-state index contributed by atoms with van der Waals surface area (Å²) < 4.78 is 0. The Labute approximate surface area is 115 Å². The van der Waals surface area contributed by atoms with E-state index < -0.39 is 11.9 Å². The number of aliphatic carboxylic acids is 2. The molecular weight excluding hydrogens is 256 g/mol. The quantitative estimate of drug-likeness (QED) is 0.836. The summed E-state index contributed by atoms with van der Waals surface area (Å²) in [5.74, 6) is -2.22. The second kappa shape index (κ2) is 5.01. The van der Waals surface area contributed by atoms with E-state index in [1.54, 1.807) is 36.4 Å². The van der Waals surface area contributed by atoms with Crippen LogP contribution in [0, 0.1) is 0 Å². The summed E-state index contributed by atoms with van der Waals surface area (Å²) in [5.41, 5.74) is 0.868. The van der Waals surface area contributed by atoms with Gasteiger partial charge in [0.15, 0.2) is 0 Å². The number of hydrogen-bond donors (Lipinski definition) is 2. The van der Waals surface area contributed by atoms with Crippen LogP contribution in [0.15, 0.2) is 49.6 Å². The third-order valence-electron chi connectivity index (χ3n) is 3.09. The highest BCUT2D eigenvalue weighted by atomic mass is 16.4. The highest BCUT2D eigenvalue weighted by molar-refractivity contribution is 6.22. The minimum absolute atomic E-state index is 0.0336. The van der Waals surface area contributed by atoms with E-state index in [2.05, 4.69) is 13.2 Å². The molecule has 0 amide bonds. The van der Waals surface area contributed by atoms with Crippen molar-refractivity contribution >= 4 is 33.9 Å². The molecule has 0 heterocycles. The molecule has 0 aliphatic carbocycles. The molecule has 2 aromatic rings. The molecular formula is C16H12O4. The van der Waals surface area contributed by atoms with Gasteiger partial charge in [-0.05, 0) is 21.9 Å². The van der Waals surface area contributed by atoms with Crippen LogP contribution in [0.5, 0.6) is 0 Å². The lowest BCUT2D eigenvalue weighted by atomic mass is 9.93. The molecule has 0 unspecified atom stereocenters. The minimum atomic E-state index is -1.11. The smallest absolute Gasteiger partial charge is 0.335 e. The highest BCUT2D eigenvalue weighted by Crippen LogP contribution is 2.30. The molecule has 2 N–H and O–H groups in total. The second-order valence-corrected chi connectivity index (χ2v) is 4.27. The van der Waals surface area contributed by atoms with Gasteiger partial charge in [-0.3, -0.25) is 0 Å². The maximum absolute atomic E-state index is 11.1. The van der Waals surface area contributed by atoms with Gasteiger partial charge in [0.05, 0.1) is 11.1 Å². The number of benzene rings is 2. The van der Waals surface area contributed by atoms with Crippen LogP contribution in [0.2, 0.25) is 0 Å². The Bertz CT molecular complexity index is 692. The zero-order chi connectivity index (χ0) is 14.9. The van der Waals surface area contributed by atoms with Gasteiger partial charge in [0.25, 0.3) is 0 Å². The monoisotopic (exact) mass is 268 g/mol. The Hall–Kier alpha value is -2.88. The second-order valence-electron chi connectivity index (χ2n) is 4.27. The van der Waals surface area contributed by atoms with E-state index in [1.807, 2.05) is 0 Å². The molecule has 0 bridgehead atoms. The molecule has 0 spiro atoms. The van der Waals surface area contributed by atoms with Crippen LogP contribution in [0.4, 0.5) is 0 Å². The van der Waals surface area contributed by atoms with E-state index in [1.165, 1.54) is 0 Å². The molecule has 0 aliphatic heterocycles. The molecule has 20 heavy (non-hydrogen) atoms. The molecule has 2 rings (SSSR count). The van der Waals surface area contributed by atoms with Crippen LogP contribution in [0.3, 0.4) is 0 Å². The first-order chi connectivity index (χ1) is 9.43. The first-order valence-corrected chi connectivity index (χ1v) is 5.80. The SMILES string of the molecule is C=C(C(=O)O)c1ccc(C(=C)C(=O)O)c2ccccc12. The fraction of sp³-hybridized carbons (Fsp3) is 0. The Morgan fingerprint density at radius 2 is 1.10 bits per heavy atom. The standard InChI is InChI=1S/C16H12O4/c1-9(15(17)18)11-7-8-12(10(2)16(19)20)14-6-4-3-5-13(11)14/h3-8H,1-2H2,(H,17,18)(H,19,20). The van der Waals surface area contributed by atoms with Crippen molar-refractivity contribution in [1.29, 1.82) is 0 Å². The fourth-order valence-electron chi connectivity index (χ4n) is 2.06. The number of rotatable bonds is 4. The Morgan fingerprint density at radius 3 is 1.40 bits per heavy atom. The summed E-state index contributed by atoms with van der Waals surface area (Å²) >= 11 is 0. The van der Waals surface area contributed by atoms with Gasteiger partial charge in [0.1, 0.15) is 0 Å². The highest BCUT2D eigenvalue weighted by Gasteiger charge is 2.16. The molecule has 0 saturated heterocycles. The predicted octanol–water partition coefficient (Wildman–Crippen LogP) is 3.04. The average Bonchev–Trinajstić information content (AvgIpc) is 2.44. The van der Waals surface area contributed by atoms with Gasteiger partial charge in [0, 0.05) is 0 Å². The van der Waals surface area contributed by atoms with Crippen LogP contribution in [0.25, 0.3) is 21.9 Å². The van der Waals surface area contributed by atoms with Gasteiger partial charge < -0.3 is 10.2 Å². The van der Waals surface area contributed by atoms with Crippen LogP contribution >= 0.6 is 0 Å². The van der Waals surface area contributed by atoms with Crippen LogP contribution in [-0.4, -0.2) is 22.2 Å². The summed E-state index contributed by atoms with van der Waals surface area (Å²) in [6.45, 7) is 7.09. The Balaban J connectivity index is 2.77. The zero-order valence-electron chi connectivity index (χ0n) is 10.6. The summed E-state index contributed by atoms with van der Waals surface area (Å²) in [6, 6.07) is 10.1. The first kappa shape index (κ1) is 13.5. The van der Waals surface area contributed by atoms with E-state index in [4.69, 9.17) is 10.2 Å². The van der Waals surface area contributed by atoms with Crippen molar-refractivity contribution < 1.29 is 19.8 Å². The van der Waals surface area contributed by atoms with Crippen molar-refractivity contribution in [2.24, 2.45) is 0 Å². The topological polar surface area (TPSA) is 74.6 Å². The van der Waals surface area contributed by atoms with Crippen molar-refractivity contribution in [3.8, 4) is 0 Å². The van der Waals surface area contributed by atoms with E-state index in [-0.39, 0.29) is 11.1 Å². The molecule has 0 aromatic heterocycles. The average molecular weight is 268 g/mol. The normalized spacial score (nSPS) is 10.2. The van der Waals surface area contributed by atoms with Gasteiger partial charge in [-0.1, -0.05) is 49.6 Å². The molecule has 4 nitrogen and oxygen atoms in total. The van der Waals surface area contributed by atoms with Crippen molar-refractivity contribution in [2.45, 2.75) is 0 Å². The molecule has 2 aromatic carbocycles. The first-order valence-electron chi connectivity index (χ1n) is 5.80. The molecule has 4 heteroatoms. The molecule has 0 atom stereocenters. The van der Waals surface area contributed by atoms with Gasteiger partial charge >= 0.3 is 11.9 Å². The number of carboxylic acid groups (broad SMARTS) is 2. The third kappa shape index (κ3) is 2.19. The lowest BCUT2D eigenvalue weighted by Gasteiger charge is -2.11.